The van der Waals surface area contributed by atoms with Crippen LogP contribution in [0.25, 0.3) is 0 Å². The highest BCUT2D eigenvalue weighted by Gasteiger charge is 2.37. The summed E-state index contributed by atoms with van der Waals surface area (Å²) in [5, 5.41) is 0. The van der Waals surface area contributed by atoms with Gasteiger partial charge in [0.1, 0.15) is 5.82 Å². The fraction of sp³-hybridized carbons (Fsp3) is 0.588. The van der Waals surface area contributed by atoms with Crippen molar-refractivity contribution in [3.8, 4) is 0 Å². The van der Waals surface area contributed by atoms with Gasteiger partial charge in [-0.15, -0.1) is 0 Å². The molecule has 0 unspecified atom stereocenters. The standard InChI is InChI=1S/C17H24FN3O/c1-19(2)17(22)21-11-14-5-8-16(21)12-20(10-14)9-13-3-6-15(18)7-4-13/h3-4,6-7,14,16H,5,8-12H2,1-2H3/t14-,16+/m0/s1. The number of carbonyl (C=O) groups excluding carboxylic acids is 1. The van der Waals surface area contributed by atoms with Crippen molar-refractivity contribution in [3.63, 3.8) is 0 Å². The Labute approximate surface area is 131 Å². The molecule has 2 atom stereocenters. The fourth-order valence-corrected chi connectivity index (χ4v) is 3.65. The first-order valence-electron chi connectivity index (χ1n) is 7.97. The maximum Gasteiger partial charge on any atom is 0.319 e. The average Bonchev–Trinajstić information content (AvgIpc) is 2.79. The second-order valence-electron chi connectivity index (χ2n) is 6.75. The number of halogens is 1. The van der Waals surface area contributed by atoms with Crippen molar-refractivity contribution in [2.24, 2.45) is 5.92 Å². The SMILES string of the molecule is CN(C)C(=O)N1C[C@H]2CC[C@@H]1CN(Cc1ccc(F)cc1)C2. The summed E-state index contributed by atoms with van der Waals surface area (Å²) in [6.07, 6.45) is 2.28. The van der Waals surface area contributed by atoms with Crippen molar-refractivity contribution in [1.82, 2.24) is 14.7 Å². The lowest BCUT2D eigenvalue weighted by Crippen LogP contribution is -2.51. The smallest absolute Gasteiger partial charge is 0.319 e. The van der Waals surface area contributed by atoms with Gasteiger partial charge in [0.15, 0.2) is 0 Å². The van der Waals surface area contributed by atoms with Gasteiger partial charge in [-0.1, -0.05) is 12.1 Å². The zero-order valence-corrected chi connectivity index (χ0v) is 13.3. The largest absolute Gasteiger partial charge is 0.331 e. The van der Waals surface area contributed by atoms with E-state index in [1.54, 1.807) is 4.90 Å². The number of hydrogen-bond donors (Lipinski definition) is 0. The highest BCUT2D eigenvalue weighted by molar-refractivity contribution is 5.74. The van der Waals surface area contributed by atoms with Crippen molar-refractivity contribution >= 4 is 6.03 Å². The topological polar surface area (TPSA) is 26.8 Å². The fourth-order valence-electron chi connectivity index (χ4n) is 3.65. The van der Waals surface area contributed by atoms with Crippen LogP contribution in [-0.2, 0) is 6.54 Å². The van der Waals surface area contributed by atoms with Gasteiger partial charge in [0, 0.05) is 46.3 Å². The van der Waals surface area contributed by atoms with Gasteiger partial charge in [0.25, 0.3) is 0 Å². The average molecular weight is 305 g/mol. The van der Waals surface area contributed by atoms with Crippen LogP contribution in [0.4, 0.5) is 9.18 Å². The summed E-state index contributed by atoms with van der Waals surface area (Å²) >= 11 is 0. The Morgan fingerprint density at radius 3 is 2.59 bits per heavy atom. The Kier molecular flexibility index (Phi) is 4.34. The molecule has 4 rings (SSSR count). The third-order valence-corrected chi connectivity index (χ3v) is 4.74. The third-order valence-electron chi connectivity index (χ3n) is 4.74. The minimum Gasteiger partial charge on any atom is -0.331 e. The number of hydrogen-bond acceptors (Lipinski definition) is 2. The van der Waals surface area contributed by atoms with Gasteiger partial charge in [-0.05, 0) is 36.5 Å². The van der Waals surface area contributed by atoms with Crippen LogP contribution in [0.2, 0.25) is 0 Å². The minimum absolute atomic E-state index is 0.123. The van der Waals surface area contributed by atoms with E-state index in [0.717, 1.165) is 38.2 Å². The summed E-state index contributed by atoms with van der Waals surface area (Å²) in [6.45, 7) is 3.62. The van der Waals surface area contributed by atoms with Gasteiger partial charge in [-0.2, -0.15) is 0 Å². The van der Waals surface area contributed by atoms with E-state index in [0.29, 0.717) is 12.0 Å². The molecule has 3 heterocycles. The lowest BCUT2D eigenvalue weighted by Gasteiger charge is -2.37. The zero-order valence-electron chi connectivity index (χ0n) is 13.3. The number of urea groups is 1. The maximum atomic E-state index is 13.0. The minimum atomic E-state index is -0.192. The summed E-state index contributed by atoms with van der Waals surface area (Å²) in [6, 6.07) is 7.16. The van der Waals surface area contributed by atoms with Gasteiger partial charge in [0.05, 0.1) is 0 Å². The van der Waals surface area contributed by atoms with E-state index in [-0.39, 0.29) is 11.8 Å². The molecule has 0 saturated carbocycles. The Balaban J connectivity index is 1.69. The van der Waals surface area contributed by atoms with E-state index in [2.05, 4.69) is 4.90 Å². The molecule has 2 bridgehead atoms. The molecule has 22 heavy (non-hydrogen) atoms. The van der Waals surface area contributed by atoms with Crippen LogP contribution in [0.15, 0.2) is 24.3 Å². The number of carbonyl (C=O) groups is 1. The number of amides is 2. The molecule has 0 radical (unpaired) electrons. The molecule has 0 aromatic heterocycles. The van der Waals surface area contributed by atoms with Crippen LogP contribution >= 0.6 is 0 Å². The van der Waals surface area contributed by atoms with Crippen molar-refractivity contribution in [1.29, 1.82) is 0 Å². The van der Waals surface area contributed by atoms with Crippen LogP contribution in [0.1, 0.15) is 18.4 Å². The summed E-state index contributed by atoms with van der Waals surface area (Å²) in [5.41, 5.74) is 1.13. The lowest BCUT2D eigenvalue weighted by molar-refractivity contribution is 0.120. The van der Waals surface area contributed by atoms with E-state index in [4.69, 9.17) is 0 Å². The molecule has 120 valence electrons. The van der Waals surface area contributed by atoms with Crippen molar-refractivity contribution in [3.05, 3.63) is 35.6 Å². The maximum absolute atomic E-state index is 13.0. The quantitative estimate of drug-likeness (QED) is 0.839. The monoisotopic (exact) mass is 305 g/mol. The van der Waals surface area contributed by atoms with Crippen molar-refractivity contribution in [2.45, 2.75) is 25.4 Å². The molecule has 5 heteroatoms. The van der Waals surface area contributed by atoms with Crippen LogP contribution in [0.3, 0.4) is 0 Å². The first kappa shape index (κ1) is 15.3. The first-order valence-corrected chi connectivity index (χ1v) is 7.97. The van der Waals surface area contributed by atoms with Crippen LogP contribution in [-0.4, -0.2) is 60.5 Å². The van der Waals surface area contributed by atoms with E-state index < -0.39 is 0 Å². The molecule has 0 N–H and O–H groups in total. The summed E-state index contributed by atoms with van der Waals surface area (Å²) in [5.74, 6) is 0.352. The molecule has 3 fully saturated rings. The summed E-state index contributed by atoms with van der Waals surface area (Å²) in [7, 11) is 3.63. The van der Waals surface area contributed by atoms with E-state index in [9.17, 15) is 9.18 Å². The first-order chi connectivity index (χ1) is 10.5. The predicted octanol–water partition coefficient (Wildman–Crippen LogP) is 2.40. The highest BCUT2D eigenvalue weighted by atomic mass is 19.1. The molecule has 4 nitrogen and oxygen atoms in total. The normalized spacial score (nSPS) is 25.1. The molecule has 0 spiro atoms. The van der Waals surface area contributed by atoms with Crippen LogP contribution < -0.4 is 0 Å². The highest BCUT2D eigenvalue weighted by Crippen LogP contribution is 2.29. The number of rotatable bonds is 2. The Bertz CT molecular complexity index is 531. The van der Waals surface area contributed by atoms with E-state index in [1.165, 1.54) is 18.6 Å². The van der Waals surface area contributed by atoms with Gasteiger partial charge >= 0.3 is 6.03 Å². The molecule has 1 aromatic rings. The number of piperidine rings is 1. The van der Waals surface area contributed by atoms with Crippen molar-refractivity contribution in [2.75, 3.05) is 33.7 Å². The third kappa shape index (κ3) is 3.24. The molecule has 3 aliphatic rings. The lowest BCUT2D eigenvalue weighted by atomic mass is 9.95. The molecule has 2 amide bonds. The van der Waals surface area contributed by atoms with E-state index >= 15 is 0 Å². The molecule has 0 aliphatic carbocycles. The molecule has 1 aromatic carbocycles. The zero-order chi connectivity index (χ0) is 15.7. The van der Waals surface area contributed by atoms with Crippen LogP contribution in [0.5, 0.6) is 0 Å². The predicted molar refractivity (Wildman–Crippen MR) is 84.0 cm³/mol. The Morgan fingerprint density at radius 1 is 1.18 bits per heavy atom. The number of nitrogens with zero attached hydrogens (tertiary/aromatic N) is 3. The molecular weight excluding hydrogens is 281 g/mol. The molecular formula is C17H24FN3O. The van der Waals surface area contributed by atoms with Gasteiger partial charge < -0.3 is 9.80 Å². The van der Waals surface area contributed by atoms with Crippen molar-refractivity contribution < 1.29 is 9.18 Å². The van der Waals surface area contributed by atoms with Gasteiger partial charge in [0.2, 0.25) is 0 Å². The summed E-state index contributed by atoms with van der Waals surface area (Å²) in [4.78, 5) is 18.5. The number of benzene rings is 1. The van der Waals surface area contributed by atoms with Gasteiger partial charge in [-0.25, -0.2) is 9.18 Å². The summed E-state index contributed by atoms with van der Waals surface area (Å²) < 4.78 is 13.0. The molecule has 3 aliphatic heterocycles. The Hall–Kier alpha value is -1.62. The second kappa shape index (κ2) is 6.24. The number of fused-ring (bicyclic) bond motifs is 4. The second-order valence-corrected chi connectivity index (χ2v) is 6.75. The Morgan fingerprint density at radius 2 is 1.91 bits per heavy atom. The van der Waals surface area contributed by atoms with Gasteiger partial charge in [-0.3, -0.25) is 4.90 Å². The van der Waals surface area contributed by atoms with E-state index in [1.807, 2.05) is 31.1 Å². The molecule has 3 saturated heterocycles. The van der Waals surface area contributed by atoms with Crippen LogP contribution in [0, 0.1) is 11.7 Å².